The van der Waals surface area contributed by atoms with Crippen molar-refractivity contribution in [2.75, 3.05) is 10.6 Å². The molecule has 2 N–H and O–H groups in total. The summed E-state index contributed by atoms with van der Waals surface area (Å²) < 4.78 is 5.24. The minimum Gasteiger partial charge on any atom is -0.444 e. The van der Waals surface area contributed by atoms with Gasteiger partial charge in [0.15, 0.2) is 0 Å². The first kappa shape index (κ1) is 16.3. The molecule has 118 valence electrons. The van der Waals surface area contributed by atoms with E-state index in [1.54, 1.807) is 17.5 Å². The molecule has 0 saturated heterocycles. The van der Waals surface area contributed by atoms with E-state index < -0.39 is 11.7 Å². The number of thiazole rings is 1. The van der Waals surface area contributed by atoms with Gasteiger partial charge in [0.05, 0.1) is 6.04 Å². The van der Waals surface area contributed by atoms with E-state index in [1.807, 2.05) is 57.3 Å². The van der Waals surface area contributed by atoms with Crippen molar-refractivity contribution in [1.82, 2.24) is 4.98 Å². The largest absolute Gasteiger partial charge is 0.444 e. The maximum absolute atomic E-state index is 11.8. The third-order valence-electron chi connectivity index (χ3n) is 2.71. The molecule has 1 aromatic carbocycles. The van der Waals surface area contributed by atoms with Gasteiger partial charge in [0.2, 0.25) is 0 Å². The minimum absolute atomic E-state index is 0.108. The SMILES string of the molecule is CC(Nc1cccc(NC(=O)OC(C)(C)C)c1)c1nccs1. The molecule has 0 bridgehead atoms. The Labute approximate surface area is 134 Å². The molecule has 1 amide bonds. The number of amides is 1. The number of carbonyl (C=O) groups is 1. The van der Waals surface area contributed by atoms with Gasteiger partial charge in [0.1, 0.15) is 10.6 Å². The van der Waals surface area contributed by atoms with E-state index in [2.05, 4.69) is 15.6 Å². The van der Waals surface area contributed by atoms with Crippen LogP contribution in [0.15, 0.2) is 35.8 Å². The van der Waals surface area contributed by atoms with E-state index in [1.165, 1.54) is 0 Å². The Morgan fingerprint density at radius 3 is 2.68 bits per heavy atom. The summed E-state index contributed by atoms with van der Waals surface area (Å²) in [5.74, 6) is 0. The van der Waals surface area contributed by atoms with Crippen molar-refractivity contribution in [3.63, 3.8) is 0 Å². The zero-order valence-electron chi connectivity index (χ0n) is 13.2. The number of hydrogen-bond acceptors (Lipinski definition) is 5. The van der Waals surface area contributed by atoms with Crippen LogP contribution >= 0.6 is 11.3 Å². The molecule has 0 radical (unpaired) electrons. The smallest absolute Gasteiger partial charge is 0.412 e. The monoisotopic (exact) mass is 319 g/mol. The van der Waals surface area contributed by atoms with Crippen molar-refractivity contribution in [3.8, 4) is 0 Å². The third kappa shape index (κ3) is 5.04. The molecule has 0 spiro atoms. The van der Waals surface area contributed by atoms with E-state index in [0.717, 1.165) is 10.7 Å². The molecular weight excluding hydrogens is 298 g/mol. The van der Waals surface area contributed by atoms with Crippen LogP contribution < -0.4 is 10.6 Å². The Morgan fingerprint density at radius 1 is 1.32 bits per heavy atom. The van der Waals surface area contributed by atoms with Crippen LogP contribution in [-0.2, 0) is 4.74 Å². The van der Waals surface area contributed by atoms with Gasteiger partial charge in [-0.05, 0) is 45.9 Å². The van der Waals surface area contributed by atoms with Gasteiger partial charge in [-0.1, -0.05) is 6.07 Å². The highest BCUT2D eigenvalue weighted by molar-refractivity contribution is 7.09. The summed E-state index contributed by atoms with van der Waals surface area (Å²) in [4.78, 5) is 16.1. The molecule has 1 unspecified atom stereocenters. The van der Waals surface area contributed by atoms with Gasteiger partial charge in [0.25, 0.3) is 0 Å². The molecule has 22 heavy (non-hydrogen) atoms. The molecule has 0 aliphatic rings. The van der Waals surface area contributed by atoms with Gasteiger partial charge < -0.3 is 10.1 Å². The number of rotatable bonds is 4. The topological polar surface area (TPSA) is 63.2 Å². The number of aromatic nitrogens is 1. The Hall–Kier alpha value is -2.08. The lowest BCUT2D eigenvalue weighted by Crippen LogP contribution is -2.27. The van der Waals surface area contributed by atoms with E-state index in [9.17, 15) is 4.79 Å². The molecule has 6 heteroatoms. The molecule has 0 aliphatic carbocycles. The normalized spacial score (nSPS) is 12.5. The molecular formula is C16H21N3O2S. The summed E-state index contributed by atoms with van der Waals surface area (Å²) in [7, 11) is 0. The average molecular weight is 319 g/mol. The summed E-state index contributed by atoms with van der Waals surface area (Å²) in [5.41, 5.74) is 1.08. The predicted molar refractivity (Wildman–Crippen MR) is 90.5 cm³/mol. The fourth-order valence-corrected chi connectivity index (χ4v) is 2.51. The van der Waals surface area contributed by atoms with Gasteiger partial charge in [0, 0.05) is 23.0 Å². The Bertz CT molecular complexity index is 621. The first-order valence-electron chi connectivity index (χ1n) is 7.09. The fraction of sp³-hybridized carbons (Fsp3) is 0.375. The average Bonchev–Trinajstić information content (AvgIpc) is 2.90. The highest BCUT2D eigenvalue weighted by Crippen LogP contribution is 2.23. The van der Waals surface area contributed by atoms with Crippen LogP contribution in [0.3, 0.4) is 0 Å². The van der Waals surface area contributed by atoms with E-state index in [4.69, 9.17) is 4.74 Å². The summed E-state index contributed by atoms with van der Waals surface area (Å²) in [6.07, 6.45) is 1.33. The second-order valence-corrected chi connectivity index (χ2v) is 6.87. The second-order valence-electron chi connectivity index (χ2n) is 5.94. The number of carbonyl (C=O) groups excluding carboxylic acids is 1. The lowest BCUT2D eigenvalue weighted by atomic mass is 10.2. The van der Waals surface area contributed by atoms with Crippen LogP contribution in [0.5, 0.6) is 0 Å². The van der Waals surface area contributed by atoms with Gasteiger partial charge in [-0.25, -0.2) is 9.78 Å². The minimum atomic E-state index is -0.515. The van der Waals surface area contributed by atoms with E-state index in [0.29, 0.717) is 5.69 Å². The van der Waals surface area contributed by atoms with Gasteiger partial charge >= 0.3 is 6.09 Å². The molecule has 0 saturated carbocycles. The Balaban J connectivity index is 1.99. The van der Waals surface area contributed by atoms with Crippen molar-refractivity contribution in [2.24, 2.45) is 0 Å². The first-order valence-corrected chi connectivity index (χ1v) is 7.97. The van der Waals surface area contributed by atoms with Crippen LogP contribution in [0.25, 0.3) is 0 Å². The zero-order chi connectivity index (χ0) is 16.2. The summed E-state index contributed by atoms with van der Waals surface area (Å²) in [5, 5.41) is 9.07. The number of nitrogens with zero attached hydrogens (tertiary/aromatic N) is 1. The van der Waals surface area contributed by atoms with Crippen LogP contribution in [0, 0.1) is 0 Å². The lowest BCUT2D eigenvalue weighted by Gasteiger charge is -2.20. The maximum atomic E-state index is 11.8. The quantitative estimate of drug-likeness (QED) is 0.860. The molecule has 2 aromatic rings. The van der Waals surface area contributed by atoms with E-state index >= 15 is 0 Å². The van der Waals surface area contributed by atoms with Crippen molar-refractivity contribution in [1.29, 1.82) is 0 Å². The van der Waals surface area contributed by atoms with Gasteiger partial charge in [-0.2, -0.15) is 0 Å². The molecule has 1 aromatic heterocycles. The summed E-state index contributed by atoms with van der Waals surface area (Å²) in [6, 6.07) is 7.63. The predicted octanol–water partition coefficient (Wildman–Crippen LogP) is 4.66. The third-order valence-corrected chi connectivity index (χ3v) is 3.67. The van der Waals surface area contributed by atoms with Crippen LogP contribution in [0.2, 0.25) is 0 Å². The zero-order valence-corrected chi connectivity index (χ0v) is 14.0. The van der Waals surface area contributed by atoms with Crippen molar-refractivity contribution < 1.29 is 9.53 Å². The van der Waals surface area contributed by atoms with Gasteiger partial charge in [-0.3, -0.25) is 5.32 Å². The molecule has 1 heterocycles. The maximum Gasteiger partial charge on any atom is 0.412 e. The van der Waals surface area contributed by atoms with Crippen LogP contribution in [0.1, 0.15) is 38.7 Å². The van der Waals surface area contributed by atoms with E-state index in [-0.39, 0.29) is 6.04 Å². The molecule has 0 aliphatic heterocycles. The number of ether oxygens (including phenoxy) is 1. The van der Waals surface area contributed by atoms with Gasteiger partial charge in [-0.15, -0.1) is 11.3 Å². The summed E-state index contributed by atoms with van der Waals surface area (Å²) in [6.45, 7) is 7.55. The Kier molecular flexibility index (Phi) is 5.03. The lowest BCUT2D eigenvalue weighted by molar-refractivity contribution is 0.0636. The van der Waals surface area contributed by atoms with Crippen molar-refractivity contribution >= 4 is 28.8 Å². The molecule has 5 nitrogen and oxygen atoms in total. The number of nitrogens with one attached hydrogen (secondary N) is 2. The molecule has 0 fully saturated rings. The first-order chi connectivity index (χ1) is 10.3. The number of anilines is 2. The Morgan fingerprint density at radius 2 is 2.05 bits per heavy atom. The highest BCUT2D eigenvalue weighted by Gasteiger charge is 2.16. The standard InChI is InChI=1S/C16H21N3O2S/c1-11(14-17-8-9-22-14)18-12-6-5-7-13(10-12)19-15(20)21-16(2,3)4/h5-11,18H,1-4H3,(H,19,20). The molecule has 1 atom stereocenters. The van der Waals surface area contributed by atoms with Crippen LogP contribution in [-0.4, -0.2) is 16.7 Å². The van der Waals surface area contributed by atoms with Crippen molar-refractivity contribution in [2.45, 2.75) is 39.3 Å². The number of hydrogen-bond donors (Lipinski definition) is 2. The summed E-state index contributed by atoms with van der Waals surface area (Å²) >= 11 is 1.61. The fourth-order valence-electron chi connectivity index (χ4n) is 1.87. The van der Waals surface area contributed by atoms with Crippen molar-refractivity contribution in [3.05, 3.63) is 40.8 Å². The molecule has 2 rings (SSSR count). The van der Waals surface area contributed by atoms with Crippen LogP contribution in [0.4, 0.5) is 16.2 Å². The second kappa shape index (κ2) is 6.79. The highest BCUT2D eigenvalue weighted by atomic mass is 32.1. The number of benzene rings is 1.